The molecule has 0 aliphatic heterocycles. The number of halogens is 2. The molecule has 0 fully saturated rings. The van der Waals surface area contributed by atoms with E-state index in [0.29, 0.717) is 27.1 Å². The van der Waals surface area contributed by atoms with Crippen LogP contribution in [-0.4, -0.2) is 19.1 Å². The first-order valence-corrected chi connectivity index (χ1v) is 6.71. The van der Waals surface area contributed by atoms with Gasteiger partial charge in [0.25, 0.3) is 0 Å². The van der Waals surface area contributed by atoms with Crippen LogP contribution in [0.4, 0.5) is 10.3 Å². The van der Waals surface area contributed by atoms with Crippen LogP contribution >= 0.6 is 22.6 Å². The summed E-state index contributed by atoms with van der Waals surface area (Å²) in [6.45, 7) is 0.464. The van der Waals surface area contributed by atoms with Crippen molar-refractivity contribution in [3.05, 3.63) is 39.7 Å². The van der Waals surface area contributed by atoms with Gasteiger partial charge in [0.2, 0.25) is 5.95 Å². The van der Waals surface area contributed by atoms with Gasteiger partial charge in [-0.3, -0.25) is 0 Å². The van der Waals surface area contributed by atoms with E-state index in [0.717, 1.165) is 5.82 Å². The van der Waals surface area contributed by atoms with Crippen LogP contribution in [0, 0.1) is 9.39 Å². The van der Waals surface area contributed by atoms with Crippen molar-refractivity contribution in [3.8, 4) is 0 Å². The highest BCUT2D eigenvalue weighted by molar-refractivity contribution is 14.1. The zero-order valence-corrected chi connectivity index (χ0v) is 12.3. The highest BCUT2D eigenvalue weighted by Crippen LogP contribution is 2.23. The smallest absolute Gasteiger partial charge is 0.201 e. The lowest BCUT2D eigenvalue weighted by Gasteiger charge is -2.06. The number of anilines is 1. The Hall–Kier alpha value is -1.64. The molecule has 1 aromatic carbocycles. The molecule has 0 spiro atoms. The summed E-state index contributed by atoms with van der Waals surface area (Å²) in [4.78, 5) is 8.50. The number of nitrogens with zero attached hydrogens (tertiary/aromatic N) is 4. The predicted octanol–water partition coefficient (Wildman–Crippen LogP) is 2.14. The van der Waals surface area contributed by atoms with E-state index in [1.54, 1.807) is 16.8 Å². The van der Waals surface area contributed by atoms with E-state index in [9.17, 15) is 4.39 Å². The summed E-state index contributed by atoms with van der Waals surface area (Å²) < 4.78 is 17.9. The maximum atomic E-state index is 13.7. The third-order valence-corrected chi connectivity index (χ3v) is 3.87. The minimum Gasteiger partial charge on any atom is -0.369 e. The summed E-state index contributed by atoms with van der Waals surface area (Å²) in [5.41, 5.74) is 7.28. The largest absolute Gasteiger partial charge is 0.369 e. The number of aryl methyl sites for hydroxylation is 1. The summed E-state index contributed by atoms with van der Waals surface area (Å²) in [6.07, 6.45) is 3.57. The molecule has 2 aromatic heterocycles. The third-order valence-electron chi connectivity index (χ3n) is 3.04. The van der Waals surface area contributed by atoms with Gasteiger partial charge in [-0.1, -0.05) is 0 Å². The number of benzene rings is 1. The second kappa shape index (κ2) is 4.48. The van der Waals surface area contributed by atoms with E-state index in [2.05, 4.69) is 9.97 Å². The second-order valence-corrected chi connectivity index (χ2v) is 5.43. The summed E-state index contributed by atoms with van der Waals surface area (Å²) >= 11 is 1.94. The van der Waals surface area contributed by atoms with Crippen molar-refractivity contribution >= 4 is 39.6 Å². The van der Waals surface area contributed by atoms with Gasteiger partial charge in [0.15, 0.2) is 0 Å². The molecule has 3 rings (SSSR count). The Morgan fingerprint density at radius 1 is 1.42 bits per heavy atom. The number of fused-ring (bicyclic) bond motifs is 1. The minimum absolute atomic E-state index is 0.269. The SMILES string of the molecule is Cn1ccnc1Cn1c(N)nc2cc(I)c(F)cc21. The fourth-order valence-electron chi connectivity index (χ4n) is 2.00. The fraction of sp³-hybridized carbons (Fsp3) is 0.167. The molecule has 0 radical (unpaired) electrons. The lowest BCUT2D eigenvalue weighted by molar-refractivity contribution is 0.620. The molecule has 2 N–H and O–H groups in total. The Bertz CT molecular complexity index is 761. The van der Waals surface area contributed by atoms with Gasteiger partial charge in [0.1, 0.15) is 11.6 Å². The van der Waals surface area contributed by atoms with Crippen molar-refractivity contribution in [2.45, 2.75) is 6.54 Å². The third kappa shape index (κ3) is 2.07. The van der Waals surface area contributed by atoms with Crippen LogP contribution in [-0.2, 0) is 13.6 Å². The van der Waals surface area contributed by atoms with E-state index >= 15 is 0 Å². The number of imidazole rings is 2. The number of hydrogen-bond donors (Lipinski definition) is 1. The molecule has 7 heteroatoms. The van der Waals surface area contributed by atoms with E-state index in [-0.39, 0.29) is 5.82 Å². The van der Waals surface area contributed by atoms with Gasteiger partial charge in [-0.25, -0.2) is 14.4 Å². The highest BCUT2D eigenvalue weighted by atomic mass is 127. The van der Waals surface area contributed by atoms with Gasteiger partial charge in [0, 0.05) is 25.5 Å². The first-order valence-electron chi connectivity index (χ1n) is 5.63. The number of nitrogen functional groups attached to an aromatic ring is 1. The molecule has 0 atom stereocenters. The van der Waals surface area contributed by atoms with Crippen LogP contribution in [0.25, 0.3) is 11.0 Å². The van der Waals surface area contributed by atoms with Crippen molar-refractivity contribution in [1.82, 2.24) is 19.1 Å². The summed E-state index contributed by atoms with van der Waals surface area (Å²) in [5.74, 6) is 0.929. The summed E-state index contributed by atoms with van der Waals surface area (Å²) in [5, 5.41) is 0. The molecule has 2 heterocycles. The number of hydrogen-bond acceptors (Lipinski definition) is 3. The van der Waals surface area contributed by atoms with Crippen LogP contribution in [0.15, 0.2) is 24.5 Å². The normalized spacial score (nSPS) is 11.3. The minimum atomic E-state index is -0.269. The molecule has 19 heavy (non-hydrogen) atoms. The lowest BCUT2D eigenvalue weighted by Crippen LogP contribution is -2.08. The summed E-state index contributed by atoms with van der Waals surface area (Å²) in [7, 11) is 1.90. The first-order chi connectivity index (χ1) is 9.06. The monoisotopic (exact) mass is 371 g/mol. The second-order valence-electron chi connectivity index (χ2n) is 4.27. The van der Waals surface area contributed by atoms with Crippen molar-refractivity contribution in [1.29, 1.82) is 0 Å². The van der Waals surface area contributed by atoms with E-state index in [1.807, 2.05) is 40.4 Å². The van der Waals surface area contributed by atoms with Gasteiger partial charge in [-0.2, -0.15) is 0 Å². The van der Waals surface area contributed by atoms with Crippen molar-refractivity contribution in [2.75, 3.05) is 5.73 Å². The van der Waals surface area contributed by atoms with Crippen molar-refractivity contribution in [3.63, 3.8) is 0 Å². The van der Waals surface area contributed by atoms with Crippen LogP contribution < -0.4 is 5.73 Å². The highest BCUT2D eigenvalue weighted by Gasteiger charge is 2.13. The van der Waals surface area contributed by atoms with Crippen LogP contribution in [0.5, 0.6) is 0 Å². The fourth-order valence-corrected chi connectivity index (χ4v) is 2.45. The Balaban J connectivity index is 2.15. The van der Waals surface area contributed by atoms with Crippen molar-refractivity contribution < 1.29 is 4.39 Å². The van der Waals surface area contributed by atoms with Crippen LogP contribution in [0.1, 0.15) is 5.82 Å². The number of rotatable bonds is 2. The maximum absolute atomic E-state index is 13.7. The average Bonchev–Trinajstić information content (AvgIpc) is 2.88. The molecular weight excluding hydrogens is 360 g/mol. The molecule has 0 unspecified atom stereocenters. The molecule has 0 aliphatic rings. The molecule has 5 nitrogen and oxygen atoms in total. The van der Waals surface area contributed by atoms with Gasteiger partial charge in [-0.05, 0) is 28.7 Å². The molecule has 0 saturated carbocycles. The van der Waals surface area contributed by atoms with E-state index in [4.69, 9.17) is 5.73 Å². The zero-order chi connectivity index (χ0) is 13.6. The quantitative estimate of drug-likeness (QED) is 0.703. The van der Waals surface area contributed by atoms with E-state index in [1.165, 1.54) is 6.07 Å². The number of aromatic nitrogens is 4. The van der Waals surface area contributed by atoms with E-state index < -0.39 is 0 Å². The summed E-state index contributed by atoms with van der Waals surface area (Å²) in [6, 6.07) is 3.15. The first kappa shape index (κ1) is 12.4. The Morgan fingerprint density at radius 2 is 2.21 bits per heavy atom. The standard InChI is InChI=1S/C12H11FIN5/c1-18-3-2-16-11(18)6-19-10-4-7(13)8(14)5-9(10)17-12(19)15/h2-5H,6H2,1H3,(H2,15,17). The van der Waals surface area contributed by atoms with Gasteiger partial charge >= 0.3 is 0 Å². The zero-order valence-electron chi connectivity index (χ0n) is 10.1. The molecule has 98 valence electrons. The number of nitrogens with two attached hydrogens (primary N) is 1. The predicted molar refractivity (Wildman–Crippen MR) is 79.1 cm³/mol. The molecular formula is C12H11FIN5. The van der Waals surface area contributed by atoms with Crippen LogP contribution in [0.3, 0.4) is 0 Å². The molecule has 0 aliphatic carbocycles. The van der Waals surface area contributed by atoms with Gasteiger partial charge in [0.05, 0.1) is 21.1 Å². The molecule has 3 aromatic rings. The van der Waals surface area contributed by atoms with Gasteiger partial charge < -0.3 is 14.9 Å². The Labute approximate surface area is 122 Å². The maximum Gasteiger partial charge on any atom is 0.201 e. The average molecular weight is 371 g/mol. The Morgan fingerprint density at radius 3 is 2.89 bits per heavy atom. The van der Waals surface area contributed by atoms with Crippen LogP contribution in [0.2, 0.25) is 0 Å². The lowest BCUT2D eigenvalue weighted by atomic mass is 10.3. The van der Waals surface area contributed by atoms with Gasteiger partial charge in [-0.15, -0.1) is 0 Å². The molecule has 0 bridgehead atoms. The van der Waals surface area contributed by atoms with Crippen molar-refractivity contribution in [2.24, 2.45) is 7.05 Å². The molecule has 0 saturated heterocycles. The topological polar surface area (TPSA) is 61.7 Å². The molecule has 0 amide bonds. The Kier molecular flexibility index (Phi) is 2.92.